The molecule has 1 aromatic rings. The van der Waals surface area contributed by atoms with Crippen LogP contribution in [0, 0.1) is 6.92 Å². The first-order valence-electron chi connectivity index (χ1n) is 6.35. The molecule has 0 spiro atoms. The zero-order valence-corrected chi connectivity index (χ0v) is 13.5. The molecule has 0 aliphatic carbocycles. The molecule has 0 bridgehead atoms. The maximum absolute atomic E-state index is 12.0. The molecular weight excluding hydrogens is 346 g/mol. The van der Waals surface area contributed by atoms with Crippen molar-refractivity contribution in [3.8, 4) is 5.75 Å². The quantitative estimate of drug-likeness (QED) is 0.832. The fraction of sp³-hybridized carbons (Fsp3) is 0.429. The van der Waals surface area contributed by atoms with Crippen molar-refractivity contribution < 1.29 is 14.3 Å². The summed E-state index contributed by atoms with van der Waals surface area (Å²) >= 11 is 9.45. The first kappa shape index (κ1) is 15.3. The third kappa shape index (κ3) is 3.73. The third-order valence-corrected chi connectivity index (χ3v) is 3.95. The van der Waals surface area contributed by atoms with Crippen molar-refractivity contribution in [1.82, 2.24) is 4.90 Å². The van der Waals surface area contributed by atoms with Crippen molar-refractivity contribution in [3.63, 3.8) is 0 Å². The molecule has 2 rings (SSSR count). The third-order valence-electron chi connectivity index (χ3n) is 3.21. The number of piperidine rings is 1. The van der Waals surface area contributed by atoms with Crippen LogP contribution in [0.2, 0.25) is 5.02 Å². The Labute approximate surface area is 131 Å². The maximum Gasteiger partial charge on any atom is 0.260 e. The average Bonchev–Trinajstić information content (AvgIpc) is 2.38. The molecular formula is C14H15BrClNO3. The van der Waals surface area contributed by atoms with Gasteiger partial charge in [0, 0.05) is 30.4 Å². The number of ketones is 1. The number of nitrogens with zero attached hydrogens (tertiary/aromatic N) is 1. The Kier molecular flexibility index (Phi) is 5.05. The number of hydrogen-bond donors (Lipinski definition) is 0. The van der Waals surface area contributed by atoms with Crippen LogP contribution in [0.5, 0.6) is 5.75 Å². The maximum atomic E-state index is 12.0. The lowest BCUT2D eigenvalue weighted by Crippen LogP contribution is -2.41. The van der Waals surface area contributed by atoms with Gasteiger partial charge < -0.3 is 9.64 Å². The molecule has 0 atom stereocenters. The number of carbonyl (C=O) groups is 2. The van der Waals surface area contributed by atoms with E-state index in [1.165, 1.54) is 0 Å². The van der Waals surface area contributed by atoms with Crippen LogP contribution in [0.1, 0.15) is 18.4 Å². The molecule has 108 valence electrons. The van der Waals surface area contributed by atoms with Crippen LogP contribution in [0.4, 0.5) is 0 Å². The monoisotopic (exact) mass is 359 g/mol. The van der Waals surface area contributed by atoms with E-state index in [1.807, 2.05) is 13.0 Å². The predicted molar refractivity (Wildman–Crippen MR) is 80.2 cm³/mol. The number of rotatable bonds is 3. The number of Topliss-reactive ketones (excluding diaryl/α,β-unsaturated/α-hetero) is 1. The van der Waals surface area contributed by atoms with Gasteiger partial charge in [-0.15, -0.1) is 0 Å². The van der Waals surface area contributed by atoms with Gasteiger partial charge in [-0.1, -0.05) is 27.5 Å². The molecule has 4 nitrogen and oxygen atoms in total. The van der Waals surface area contributed by atoms with E-state index in [0.717, 1.165) is 10.0 Å². The van der Waals surface area contributed by atoms with Crippen LogP contribution in [0.15, 0.2) is 16.6 Å². The summed E-state index contributed by atoms with van der Waals surface area (Å²) in [6.07, 6.45) is 0.869. The Morgan fingerprint density at radius 3 is 2.65 bits per heavy atom. The van der Waals surface area contributed by atoms with Crippen molar-refractivity contribution in [2.75, 3.05) is 19.7 Å². The fourth-order valence-electron chi connectivity index (χ4n) is 2.10. The summed E-state index contributed by atoms with van der Waals surface area (Å²) in [5.41, 5.74) is 0.867. The van der Waals surface area contributed by atoms with E-state index in [9.17, 15) is 9.59 Å². The highest BCUT2D eigenvalue weighted by molar-refractivity contribution is 9.10. The number of carbonyl (C=O) groups excluding carboxylic acids is 2. The van der Waals surface area contributed by atoms with Gasteiger partial charge in [-0.3, -0.25) is 9.59 Å². The molecule has 1 aliphatic heterocycles. The average molecular weight is 361 g/mol. The van der Waals surface area contributed by atoms with Gasteiger partial charge in [0.15, 0.2) is 6.61 Å². The van der Waals surface area contributed by atoms with E-state index in [-0.39, 0.29) is 18.3 Å². The van der Waals surface area contributed by atoms with Gasteiger partial charge in [-0.2, -0.15) is 0 Å². The fourth-order valence-corrected chi connectivity index (χ4v) is 3.13. The van der Waals surface area contributed by atoms with Gasteiger partial charge in [-0.25, -0.2) is 0 Å². The summed E-state index contributed by atoms with van der Waals surface area (Å²) in [5.74, 6) is 0.619. The van der Waals surface area contributed by atoms with E-state index in [2.05, 4.69) is 15.9 Å². The van der Waals surface area contributed by atoms with Crippen LogP contribution in [-0.4, -0.2) is 36.3 Å². The van der Waals surface area contributed by atoms with Crippen LogP contribution in [0.25, 0.3) is 0 Å². The minimum atomic E-state index is -0.115. The van der Waals surface area contributed by atoms with Crippen molar-refractivity contribution in [2.24, 2.45) is 0 Å². The summed E-state index contributed by atoms with van der Waals surface area (Å²) in [7, 11) is 0. The number of aryl methyl sites for hydroxylation is 1. The predicted octanol–water partition coefficient (Wildman–Crippen LogP) is 2.98. The molecule has 0 N–H and O–H groups in total. The minimum Gasteiger partial charge on any atom is -0.482 e. The number of hydrogen-bond acceptors (Lipinski definition) is 3. The standard InChI is InChI=1S/C14H15BrClNO3/c1-9-6-10(15)7-12(16)14(9)20-8-13(19)17-4-2-11(18)3-5-17/h6-7H,2-5,8H2,1H3. The van der Waals surface area contributed by atoms with Gasteiger partial charge in [0.05, 0.1) is 5.02 Å². The largest absolute Gasteiger partial charge is 0.482 e. The number of benzene rings is 1. The van der Waals surface area contributed by atoms with E-state index in [1.54, 1.807) is 11.0 Å². The Morgan fingerprint density at radius 2 is 2.05 bits per heavy atom. The lowest BCUT2D eigenvalue weighted by atomic mass is 10.1. The molecule has 0 aromatic heterocycles. The highest BCUT2D eigenvalue weighted by Gasteiger charge is 2.21. The van der Waals surface area contributed by atoms with E-state index in [0.29, 0.717) is 36.7 Å². The molecule has 6 heteroatoms. The smallest absolute Gasteiger partial charge is 0.260 e. The Balaban J connectivity index is 1.95. The summed E-state index contributed by atoms with van der Waals surface area (Å²) in [5, 5.41) is 0.471. The summed E-state index contributed by atoms with van der Waals surface area (Å²) in [4.78, 5) is 24.8. The summed E-state index contributed by atoms with van der Waals surface area (Å²) in [6, 6.07) is 3.61. The second kappa shape index (κ2) is 6.59. The molecule has 0 saturated carbocycles. The SMILES string of the molecule is Cc1cc(Br)cc(Cl)c1OCC(=O)N1CCC(=O)CC1. The molecule has 1 fully saturated rings. The molecule has 1 amide bonds. The Bertz CT molecular complexity index is 514. The second-order valence-corrected chi connectivity index (χ2v) is 6.06. The molecule has 20 heavy (non-hydrogen) atoms. The van der Waals surface area contributed by atoms with Gasteiger partial charge in [0.2, 0.25) is 0 Å². The topological polar surface area (TPSA) is 46.6 Å². The zero-order chi connectivity index (χ0) is 14.7. The van der Waals surface area contributed by atoms with Crippen LogP contribution in [0.3, 0.4) is 0 Å². The molecule has 0 unspecified atom stereocenters. The van der Waals surface area contributed by atoms with Crippen LogP contribution in [-0.2, 0) is 9.59 Å². The number of halogens is 2. The van der Waals surface area contributed by atoms with Gasteiger partial charge in [0.25, 0.3) is 5.91 Å². The molecule has 0 radical (unpaired) electrons. The Hall–Kier alpha value is -1.07. The molecule has 1 saturated heterocycles. The van der Waals surface area contributed by atoms with Gasteiger partial charge in [0.1, 0.15) is 11.5 Å². The minimum absolute atomic E-state index is 0.0591. The molecule has 1 heterocycles. The molecule has 1 aromatic carbocycles. The lowest BCUT2D eigenvalue weighted by Gasteiger charge is -2.26. The van der Waals surface area contributed by atoms with Crippen molar-refractivity contribution in [3.05, 3.63) is 27.2 Å². The summed E-state index contributed by atoms with van der Waals surface area (Å²) < 4.78 is 6.40. The van der Waals surface area contributed by atoms with Crippen LogP contribution >= 0.6 is 27.5 Å². The first-order chi connectivity index (χ1) is 9.47. The van der Waals surface area contributed by atoms with Crippen molar-refractivity contribution >= 4 is 39.2 Å². The van der Waals surface area contributed by atoms with Crippen LogP contribution < -0.4 is 4.74 Å². The number of likely N-dealkylation sites (tertiary alicyclic amines) is 1. The zero-order valence-electron chi connectivity index (χ0n) is 11.1. The van der Waals surface area contributed by atoms with E-state index >= 15 is 0 Å². The van der Waals surface area contributed by atoms with Gasteiger partial charge >= 0.3 is 0 Å². The molecule has 1 aliphatic rings. The lowest BCUT2D eigenvalue weighted by molar-refractivity contribution is -0.136. The summed E-state index contributed by atoms with van der Waals surface area (Å²) in [6.45, 7) is 2.77. The van der Waals surface area contributed by atoms with Gasteiger partial charge in [-0.05, 0) is 24.6 Å². The number of amides is 1. The second-order valence-electron chi connectivity index (χ2n) is 4.74. The first-order valence-corrected chi connectivity index (χ1v) is 7.52. The normalized spacial score (nSPS) is 15.3. The Morgan fingerprint density at radius 1 is 1.40 bits per heavy atom. The highest BCUT2D eigenvalue weighted by Crippen LogP contribution is 2.32. The van der Waals surface area contributed by atoms with E-state index in [4.69, 9.17) is 16.3 Å². The van der Waals surface area contributed by atoms with Crippen molar-refractivity contribution in [2.45, 2.75) is 19.8 Å². The highest BCUT2D eigenvalue weighted by atomic mass is 79.9. The van der Waals surface area contributed by atoms with Crippen molar-refractivity contribution in [1.29, 1.82) is 0 Å². The van der Waals surface area contributed by atoms with E-state index < -0.39 is 0 Å². The number of ether oxygens (including phenoxy) is 1.